The van der Waals surface area contributed by atoms with Crippen LogP contribution in [0.15, 0.2) is 36.4 Å². The molecule has 0 aliphatic carbocycles. The van der Waals surface area contributed by atoms with Crippen LogP contribution in [0.4, 0.5) is 0 Å². The minimum Gasteiger partial charge on any atom is -0.384 e. The van der Waals surface area contributed by atoms with Gasteiger partial charge in [-0.2, -0.15) is 5.10 Å². The van der Waals surface area contributed by atoms with Crippen molar-refractivity contribution in [1.82, 2.24) is 20.4 Å². The number of hydrogen-bond acceptors (Lipinski definition) is 5. The molecule has 2 amide bonds. The fraction of sp³-hybridized carbons (Fsp3) is 0.421. The second kappa shape index (κ2) is 8.32. The number of carbonyl (C=O) groups excluding carboxylic acids is 2. The molecule has 1 aliphatic heterocycles. The van der Waals surface area contributed by atoms with Gasteiger partial charge in [-0.15, -0.1) is 0 Å². The van der Waals surface area contributed by atoms with Gasteiger partial charge < -0.3 is 21.1 Å². The highest BCUT2D eigenvalue weighted by Crippen LogP contribution is 2.28. The van der Waals surface area contributed by atoms with E-state index in [9.17, 15) is 9.59 Å². The molecule has 1 saturated heterocycles. The van der Waals surface area contributed by atoms with Gasteiger partial charge in [-0.1, -0.05) is 18.2 Å². The van der Waals surface area contributed by atoms with E-state index >= 15 is 0 Å². The van der Waals surface area contributed by atoms with E-state index in [1.807, 2.05) is 18.2 Å². The third-order valence-corrected chi connectivity index (χ3v) is 4.93. The quantitative estimate of drug-likeness (QED) is 0.664. The van der Waals surface area contributed by atoms with Gasteiger partial charge in [0.15, 0.2) is 5.69 Å². The highest BCUT2D eigenvalue weighted by atomic mass is 16.5. The monoisotopic (exact) mass is 371 g/mol. The first-order valence-electron chi connectivity index (χ1n) is 8.98. The van der Waals surface area contributed by atoms with Gasteiger partial charge in [-0.3, -0.25) is 9.59 Å². The zero-order valence-corrected chi connectivity index (χ0v) is 15.4. The predicted molar refractivity (Wildman–Crippen MR) is 101 cm³/mol. The molecule has 1 aromatic heterocycles. The minimum atomic E-state index is -0.639. The molecule has 4 N–H and O–H groups in total. The molecule has 27 heavy (non-hydrogen) atoms. The van der Waals surface area contributed by atoms with Crippen molar-refractivity contribution in [2.24, 2.45) is 11.1 Å². The number of rotatable bonds is 7. The van der Waals surface area contributed by atoms with E-state index in [2.05, 4.69) is 15.7 Å². The zero-order valence-electron chi connectivity index (χ0n) is 15.4. The number of benzene rings is 1. The number of methoxy groups -OCH3 is 1. The summed E-state index contributed by atoms with van der Waals surface area (Å²) in [6.07, 6.45) is 1.85. The molecular formula is C19H25N5O3. The summed E-state index contributed by atoms with van der Waals surface area (Å²) >= 11 is 0. The maximum absolute atomic E-state index is 12.7. The molecule has 1 fully saturated rings. The molecule has 1 aromatic carbocycles. The highest BCUT2D eigenvalue weighted by Gasteiger charge is 2.33. The van der Waals surface area contributed by atoms with Gasteiger partial charge in [0.05, 0.1) is 12.3 Å². The van der Waals surface area contributed by atoms with Crippen LogP contribution in [0.25, 0.3) is 5.69 Å². The van der Waals surface area contributed by atoms with Gasteiger partial charge in [-0.05, 0) is 38.1 Å². The number of carbonyl (C=O) groups is 2. The van der Waals surface area contributed by atoms with Crippen LogP contribution in [0, 0.1) is 5.41 Å². The summed E-state index contributed by atoms with van der Waals surface area (Å²) in [5.74, 6) is -0.971. The van der Waals surface area contributed by atoms with Crippen molar-refractivity contribution in [3.63, 3.8) is 0 Å². The summed E-state index contributed by atoms with van der Waals surface area (Å²) in [5, 5.41) is 10.6. The largest absolute Gasteiger partial charge is 0.384 e. The van der Waals surface area contributed by atoms with Crippen molar-refractivity contribution in [2.75, 3.05) is 33.4 Å². The average Bonchev–Trinajstić information content (AvgIpc) is 3.14. The third kappa shape index (κ3) is 4.35. The van der Waals surface area contributed by atoms with E-state index in [0.29, 0.717) is 18.8 Å². The number of primary amides is 1. The number of nitrogens with zero attached hydrogens (tertiary/aromatic N) is 2. The minimum absolute atomic E-state index is 0.0931. The van der Waals surface area contributed by atoms with Crippen LogP contribution in [-0.4, -0.2) is 54.9 Å². The number of para-hydroxylation sites is 1. The molecular weight excluding hydrogens is 346 g/mol. The molecule has 0 atom stereocenters. The second-order valence-electron chi connectivity index (χ2n) is 6.89. The lowest BCUT2D eigenvalue weighted by Gasteiger charge is -2.37. The average molecular weight is 371 g/mol. The molecule has 2 aromatic rings. The van der Waals surface area contributed by atoms with Crippen molar-refractivity contribution < 1.29 is 14.3 Å². The SMILES string of the molecule is COCC1(CNC(=O)c2cc(C(N)=O)n(-c3ccccc3)n2)CCNCC1. The Hall–Kier alpha value is -2.71. The van der Waals surface area contributed by atoms with Crippen LogP contribution in [0.3, 0.4) is 0 Å². The summed E-state index contributed by atoms with van der Waals surface area (Å²) in [7, 11) is 1.67. The summed E-state index contributed by atoms with van der Waals surface area (Å²) in [6.45, 7) is 2.87. The van der Waals surface area contributed by atoms with Crippen LogP contribution in [0.1, 0.15) is 33.8 Å². The van der Waals surface area contributed by atoms with E-state index in [1.54, 1.807) is 19.2 Å². The Morgan fingerprint density at radius 1 is 1.30 bits per heavy atom. The molecule has 0 bridgehead atoms. The molecule has 3 rings (SSSR count). The van der Waals surface area contributed by atoms with Crippen molar-refractivity contribution in [3.05, 3.63) is 47.8 Å². The summed E-state index contributed by atoms with van der Waals surface area (Å²) in [6, 6.07) is 10.5. The number of nitrogens with two attached hydrogens (primary N) is 1. The Morgan fingerprint density at radius 2 is 2.00 bits per heavy atom. The molecule has 144 valence electrons. The summed E-state index contributed by atoms with van der Waals surface area (Å²) in [4.78, 5) is 24.4. The number of ether oxygens (including phenoxy) is 1. The summed E-state index contributed by atoms with van der Waals surface area (Å²) < 4.78 is 6.77. The first-order chi connectivity index (χ1) is 13.0. The molecule has 0 spiro atoms. The number of aromatic nitrogens is 2. The van der Waals surface area contributed by atoms with Crippen molar-refractivity contribution >= 4 is 11.8 Å². The van der Waals surface area contributed by atoms with Crippen LogP contribution >= 0.6 is 0 Å². The molecule has 2 heterocycles. The third-order valence-electron chi connectivity index (χ3n) is 4.93. The van der Waals surface area contributed by atoms with Crippen LogP contribution in [0.5, 0.6) is 0 Å². The van der Waals surface area contributed by atoms with Crippen molar-refractivity contribution in [3.8, 4) is 5.69 Å². The van der Waals surface area contributed by atoms with E-state index in [4.69, 9.17) is 10.5 Å². The smallest absolute Gasteiger partial charge is 0.271 e. The van der Waals surface area contributed by atoms with Crippen LogP contribution < -0.4 is 16.4 Å². The Kier molecular flexibility index (Phi) is 5.88. The lowest BCUT2D eigenvalue weighted by Crippen LogP contribution is -2.47. The Balaban J connectivity index is 1.77. The first kappa shape index (κ1) is 19.1. The number of hydrogen-bond donors (Lipinski definition) is 3. The lowest BCUT2D eigenvalue weighted by molar-refractivity contribution is 0.0510. The Bertz CT molecular complexity index is 791. The van der Waals surface area contributed by atoms with Crippen molar-refractivity contribution in [2.45, 2.75) is 12.8 Å². The van der Waals surface area contributed by atoms with E-state index in [0.717, 1.165) is 25.9 Å². The zero-order chi connectivity index (χ0) is 19.3. The Labute approximate surface area is 158 Å². The first-order valence-corrected chi connectivity index (χ1v) is 8.98. The molecule has 0 unspecified atom stereocenters. The highest BCUT2D eigenvalue weighted by molar-refractivity contribution is 5.97. The molecule has 0 saturated carbocycles. The maximum Gasteiger partial charge on any atom is 0.271 e. The standard InChI is InChI=1S/C19H25N5O3/c1-27-13-19(7-9-21-10-8-19)12-22-18(26)15-11-16(17(20)25)24(23-15)14-5-3-2-4-6-14/h2-6,11,21H,7-10,12-13H2,1H3,(H2,20,25)(H,22,26). The molecule has 1 aliphatic rings. The fourth-order valence-electron chi connectivity index (χ4n) is 3.43. The van der Waals surface area contributed by atoms with Gasteiger partial charge in [0, 0.05) is 25.1 Å². The van der Waals surface area contributed by atoms with Gasteiger partial charge in [0.1, 0.15) is 5.69 Å². The molecule has 8 heteroatoms. The van der Waals surface area contributed by atoms with E-state index < -0.39 is 5.91 Å². The normalized spacial score (nSPS) is 16.0. The second-order valence-corrected chi connectivity index (χ2v) is 6.89. The van der Waals surface area contributed by atoms with Gasteiger partial charge >= 0.3 is 0 Å². The van der Waals surface area contributed by atoms with E-state index in [1.165, 1.54) is 10.7 Å². The Morgan fingerprint density at radius 3 is 2.63 bits per heavy atom. The number of piperidine rings is 1. The number of amides is 2. The number of nitrogens with one attached hydrogen (secondary N) is 2. The topological polar surface area (TPSA) is 111 Å². The van der Waals surface area contributed by atoms with E-state index in [-0.39, 0.29) is 22.7 Å². The van der Waals surface area contributed by atoms with Crippen molar-refractivity contribution in [1.29, 1.82) is 0 Å². The van der Waals surface area contributed by atoms with Crippen LogP contribution in [0.2, 0.25) is 0 Å². The maximum atomic E-state index is 12.7. The lowest BCUT2D eigenvalue weighted by atomic mass is 9.79. The summed E-state index contributed by atoms with van der Waals surface area (Å²) in [5.41, 5.74) is 6.36. The fourth-order valence-corrected chi connectivity index (χ4v) is 3.43. The van der Waals surface area contributed by atoms with Gasteiger partial charge in [-0.25, -0.2) is 4.68 Å². The van der Waals surface area contributed by atoms with Crippen LogP contribution in [-0.2, 0) is 4.74 Å². The predicted octanol–water partition coefficient (Wildman–Crippen LogP) is 0.717. The van der Waals surface area contributed by atoms with Gasteiger partial charge in [0.2, 0.25) is 0 Å². The molecule has 8 nitrogen and oxygen atoms in total. The molecule has 0 radical (unpaired) electrons. The van der Waals surface area contributed by atoms with Gasteiger partial charge in [0.25, 0.3) is 11.8 Å².